The number of likely N-dealkylation sites (tertiary alicyclic amines) is 2. The molecule has 380 valence electrons. The summed E-state index contributed by atoms with van der Waals surface area (Å²) >= 11 is 0. The molecule has 4 aromatic carbocycles. The fourth-order valence-corrected chi connectivity index (χ4v) is 12.0. The molecule has 6 aromatic rings. The maximum absolute atomic E-state index is 15.6. The average Bonchev–Trinajstić information content (AvgIpc) is 4.37. The predicted molar refractivity (Wildman–Crippen MR) is 286 cm³/mol. The van der Waals surface area contributed by atoms with E-state index in [0.29, 0.717) is 88.3 Å². The van der Waals surface area contributed by atoms with Gasteiger partial charge in [-0.05, 0) is 99.8 Å². The van der Waals surface area contributed by atoms with E-state index >= 15 is 4.79 Å². The molecule has 2 saturated heterocycles. The quantitative estimate of drug-likeness (QED) is 0.0748. The Morgan fingerprint density at radius 2 is 0.917 bits per heavy atom. The second kappa shape index (κ2) is 20.6. The summed E-state index contributed by atoms with van der Waals surface area (Å²) in [6.45, 7) is 4.75. The number of piperidine rings is 2. The molecule has 2 aliphatic carbocycles. The predicted octanol–water partition coefficient (Wildman–Crippen LogP) is 8.32. The second-order valence-electron chi connectivity index (χ2n) is 21.1. The first-order valence-corrected chi connectivity index (χ1v) is 25.9. The van der Waals surface area contributed by atoms with Crippen LogP contribution in [0.2, 0.25) is 0 Å². The summed E-state index contributed by atoms with van der Waals surface area (Å²) < 4.78 is 22.3. The third-order valence-electron chi connectivity index (χ3n) is 16.5. The van der Waals surface area contributed by atoms with Gasteiger partial charge in [0.1, 0.15) is 11.6 Å². The first-order chi connectivity index (χ1) is 34.9. The number of benzene rings is 4. The van der Waals surface area contributed by atoms with Gasteiger partial charge >= 0.3 is 0 Å². The van der Waals surface area contributed by atoms with Crippen molar-refractivity contribution in [1.82, 2.24) is 29.7 Å². The Morgan fingerprint density at radius 1 is 0.569 bits per heavy atom. The maximum atomic E-state index is 15.6. The third kappa shape index (κ3) is 10.0. The number of carbonyl (C=O) groups is 1. The Balaban J connectivity index is 0.879. The highest BCUT2D eigenvalue weighted by molar-refractivity contribution is 5.93. The molecule has 2 unspecified atom stereocenters. The molecule has 0 bridgehead atoms. The molecule has 2 aliphatic heterocycles. The number of nitrogen functional groups attached to an aromatic ring is 2. The molecule has 4 aliphatic rings. The SMILES string of the molecule is COc1cc2nc(N(C)CC3(c4ccccc4)CCN(C(CC4CC4)C(=O)C(CC4CC4)N4CCC(CN(C)c5nc(N)c6cc(OC)c(OC)cc6n5)(c5ccccc5)CC4)CC3)nc(N)c2cc1OC. The smallest absolute Gasteiger partial charge is 0.227 e. The van der Waals surface area contributed by atoms with Crippen molar-refractivity contribution in [1.29, 1.82) is 0 Å². The zero-order valence-corrected chi connectivity index (χ0v) is 43.0. The van der Waals surface area contributed by atoms with Crippen molar-refractivity contribution < 1.29 is 23.7 Å². The number of nitrogens with zero attached hydrogens (tertiary/aromatic N) is 8. The number of Topliss-reactive ketones (excluding diaryl/α,β-unsaturated/α-hetero) is 1. The van der Waals surface area contributed by atoms with Crippen LogP contribution >= 0.6 is 0 Å². The van der Waals surface area contributed by atoms with Gasteiger partial charge in [0.05, 0.1) is 51.6 Å². The maximum Gasteiger partial charge on any atom is 0.227 e. The van der Waals surface area contributed by atoms with Crippen molar-refractivity contribution in [3.8, 4) is 23.0 Å². The molecule has 15 heteroatoms. The van der Waals surface area contributed by atoms with Gasteiger partial charge in [0, 0.05) is 60.9 Å². The lowest BCUT2D eigenvalue weighted by atomic mass is 9.71. The van der Waals surface area contributed by atoms with Crippen molar-refractivity contribution in [2.75, 3.05) is 103 Å². The number of likely N-dealkylation sites (N-methyl/N-ethyl adjacent to an activating group) is 2. The third-order valence-corrected chi connectivity index (χ3v) is 16.5. The number of rotatable bonds is 20. The normalized spacial score (nSPS) is 18.9. The van der Waals surface area contributed by atoms with Crippen LogP contribution in [0.5, 0.6) is 23.0 Å². The summed E-state index contributed by atoms with van der Waals surface area (Å²) in [6, 6.07) is 29.0. The Morgan fingerprint density at radius 3 is 1.25 bits per heavy atom. The summed E-state index contributed by atoms with van der Waals surface area (Å²) in [5.74, 6) is 5.91. The number of anilines is 4. The highest BCUT2D eigenvalue weighted by atomic mass is 16.5. The highest BCUT2D eigenvalue weighted by Gasteiger charge is 2.47. The second-order valence-corrected chi connectivity index (χ2v) is 21.1. The largest absolute Gasteiger partial charge is 0.493 e. The van der Waals surface area contributed by atoms with Crippen LogP contribution < -0.4 is 40.2 Å². The lowest BCUT2D eigenvalue weighted by molar-refractivity contribution is -0.132. The van der Waals surface area contributed by atoms with E-state index in [4.69, 9.17) is 50.4 Å². The van der Waals surface area contributed by atoms with Crippen LogP contribution in [0.3, 0.4) is 0 Å². The Kier molecular flexibility index (Phi) is 14.0. The van der Waals surface area contributed by atoms with E-state index in [0.717, 1.165) is 75.5 Å². The van der Waals surface area contributed by atoms with Crippen LogP contribution in [0.25, 0.3) is 21.8 Å². The van der Waals surface area contributed by atoms with Crippen molar-refractivity contribution >= 4 is 51.1 Å². The Hall–Kier alpha value is -6.45. The van der Waals surface area contributed by atoms with Gasteiger partial charge < -0.3 is 40.2 Å². The first kappa shape index (κ1) is 49.1. The molecule has 0 radical (unpaired) electrons. The zero-order valence-electron chi connectivity index (χ0n) is 43.0. The van der Waals surface area contributed by atoms with Gasteiger partial charge in [-0.2, -0.15) is 9.97 Å². The van der Waals surface area contributed by atoms with E-state index in [1.807, 2.05) is 24.3 Å². The van der Waals surface area contributed by atoms with Crippen molar-refractivity contribution in [2.24, 2.45) is 11.8 Å². The van der Waals surface area contributed by atoms with Gasteiger partial charge in [-0.25, -0.2) is 9.97 Å². The van der Waals surface area contributed by atoms with Gasteiger partial charge in [-0.1, -0.05) is 86.3 Å². The van der Waals surface area contributed by atoms with Crippen LogP contribution in [0.4, 0.5) is 23.5 Å². The van der Waals surface area contributed by atoms with Crippen LogP contribution in [0, 0.1) is 11.8 Å². The lowest BCUT2D eigenvalue weighted by Gasteiger charge is -2.48. The molecule has 4 heterocycles. The number of methoxy groups -OCH3 is 4. The minimum Gasteiger partial charge on any atom is -0.493 e. The number of ether oxygens (including phenoxy) is 4. The van der Waals surface area contributed by atoms with E-state index in [1.54, 1.807) is 28.4 Å². The molecule has 4 N–H and O–H groups in total. The number of hydrogen-bond donors (Lipinski definition) is 2. The molecule has 4 fully saturated rings. The number of aromatic nitrogens is 4. The molecule has 0 spiro atoms. The average molecular weight is 977 g/mol. The van der Waals surface area contributed by atoms with E-state index < -0.39 is 0 Å². The fourth-order valence-electron chi connectivity index (χ4n) is 12.0. The van der Waals surface area contributed by atoms with Crippen LogP contribution in [0.1, 0.15) is 75.3 Å². The number of ketones is 1. The standard InChI is InChI=1S/C57H72N10O5/c1-64(54-60-43-33-49(71-5)47(69-3)31-41(43)52(58)62-54)35-56(39-13-9-7-10-14-39)21-25-66(26-22-56)45(29-37-17-18-37)51(68)46(30-38-19-20-38)67-27-23-57(24-28-67,40-15-11-8-12-16-40)36-65(2)55-61-44-34-50(72-6)48(70-4)32-42(44)53(59)63-55/h7-16,31-34,37-38,45-46H,17-30,35-36H2,1-6H3,(H2,58,60,62)(H2,59,61,63). The van der Waals surface area contributed by atoms with Crippen molar-refractivity contribution in [2.45, 2.75) is 87.1 Å². The summed E-state index contributed by atoms with van der Waals surface area (Å²) in [5.41, 5.74) is 16.8. The van der Waals surface area contributed by atoms with E-state index in [1.165, 1.54) is 36.8 Å². The molecule has 15 nitrogen and oxygen atoms in total. The van der Waals surface area contributed by atoms with Gasteiger partial charge in [0.15, 0.2) is 28.8 Å². The molecule has 2 atom stereocenters. The van der Waals surface area contributed by atoms with E-state index in [9.17, 15) is 0 Å². The molecule has 72 heavy (non-hydrogen) atoms. The van der Waals surface area contributed by atoms with Crippen LogP contribution in [0.15, 0.2) is 84.9 Å². The van der Waals surface area contributed by atoms with Gasteiger partial charge in [-0.3, -0.25) is 14.6 Å². The minimum atomic E-state index is -0.192. The number of hydrogen-bond acceptors (Lipinski definition) is 15. The highest BCUT2D eigenvalue weighted by Crippen LogP contribution is 2.45. The number of carbonyl (C=O) groups excluding carboxylic acids is 1. The number of nitrogens with two attached hydrogens (primary N) is 2. The molecular weight excluding hydrogens is 905 g/mol. The minimum absolute atomic E-state index is 0.107. The lowest BCUT2D eigenvalue weighted by Crippen LogP contribution is -2.58. The number of fused-ring (bicyclic) bond motifs is 2. The van der Waals surface area contributed by atoms with Gasteiger partial charge in [0.25, 0.3) is 0 Å². The zero-order chi connectivity index (χ0) is 50.1. The molecule has 2 aromatic heterocycles. The van der Waals surface area contributed by atoms with E-state index in [-0.39, 0.29) is 22.9 Å². The first-order valence-electron chi connectivity index (χ1n) is 25.9. The van der Waals surface area contributed by atoms with Crippen LogP contribution in [-0.2, 0) is 15.6 Å². The molecule has 2 saturated carbocycles. The molecular formula is C57H72N10O5. The summed E-state index contributed by atoms with van der Waals surface area (Å²) in [7, 11) is 10.6. The monoisotopic (exact) mass is 977 g/mol. The summed E-state index contributed by atoms with van der Waals surface area (Å²) in [6.07, 6.45) is 10.3. The van der Waals surface area contributed by atoms with Crippen LogP contribution in [-0.4, -0.2) is 129 Å². The summed E-state index contributed by atoms with van der Waals surface area (Å²) in [4.78, 5) is 44.7. The van der Waals surface area contributed by atoms with Crippen molar-refractivity contribution in [3.63, 3.8) is 0 Å². The van der Waals surface area contributed by atoms with Gasteiger partial charge in [0.2, 0.25) is 11.9 Å². The van der Waals surface area contributed by atoms with Gasteiger partial charge in [-0.15, -0.1) is 0 Å². The Bertz CT molecular complexity index is 2670. The molecule has 0 amide bonds. The van der Waals surface area contributed by atoms with E-state index in [2.05, 4.69) is 94.4 Å². The Labute approximate surface area is 424 Å². The fraction of sp³-hybridized carbons (Fsp3) is 0.491. The topological polar surface area (TPSA) is 171 Å². The van der Waals surface area contributed by atoms with Crippen molar-refractivity contribution in [3.05, 3.63) is 96.1 Å². The molecule has 10 rings (SSSR count). The summed E-state index contributed by atoms with van der Waals surface area (Å²) in [5, 5.41) is 1.44.